The van der Waals surface area contributed by atoms with Crippen molar-refractivity contribution in [3.8, 4) is 5.75 Å². The summed E-state index contributed by atoms with van der Waals surface area (Å²) in [5.41, 5.74) is 5.99. The fourth-order valence-electron chi connectivity index (χ4n) is 1.37. The first kappa shape index (κ1) is 15.7. The number of nitrogens with two attached hydrogens (primary N) is 1. The number of rotatable bonds is 6. The number of methoxy groups -OCH3 is 1. The van der Waals surface area contributed by atoms with Gasteiger partial charge in [0, 0.05) is 12.6 Å². The van der Waals surface area contributed by atoms with Crippen LogP contribution in [-0.2, 0) is 10.0 Å². The van der Waals surface area contributed by atoms with Crippen molar-refractivity contribution in [2.75, 3.05) is 19.4 Å². The summed E-state index contributed by atoms with van der Waals surface area (Å²) in [7, 11) is -2.27. The topological polar surface area (TPSA) is 102 Å². The summed E-state index contributed by atoms with van der Waals surface area (Å²) >= 11 is 0. The summed E-state index contributed by atoms with van der Waals surface area (Å²) in [6.07, 6.45) is -0.731. The van der Waals surface area contributed by atoms with Gasteiger partial charge in [-0.15, -0.1) is 0 Å². The maximum Gasteiger partial charge on any atom is 0.240 e. The Morgan fingerprint density at radius 2 is 2.05 bits per heavy atom. The summed E-state index contributed by atoms with van der Waals surface area (Å²) in [6, 6.07) is 4.20. The first-order valence-corrected chi connectivity index (χ1v) is 7.37. The van der Waals surface area contributed by atoms with Gasteiger partial charge in [-0.2, -0.15) is 0 Å². The highest BCUT2D eigenvalue weighted by atomic mass is 32.2. The molecule has 1 aromatic rings. The maximum absolute atomic E-state index is 12.0. The molecule has 0 heterocycles. The predicted molar refractivity (Wildman–Crippen MR) is 73.4 cm³/mol. The van der Waals surface area contributed by atoms with E-state index in [9.17, 15) is 13.5 Å². The van der Waals surface area contributed by atoms with E-state index in [1.807, 2.05) is 13.8 Å². The minimum Gasteiger partial charge on any atom is -0.495 e. The Bertz CT molecular complexity index is 529. The van der Waals surface area contributed by atoms with Crippen LogP contribution < -0.4 is 15.2 Å². The van der Waals surface area contributed by atoms with Crippen LogP contribution in [0.15, 0.2) is 23.1 Å². The minimum atomic E-state index is -3.68. The molecule has 0 amide bonds. The molecule has 0 aliphatic heterocycles. The standard InChI is InChI=1S/C12H20N2O4S/c1-8(2)11(15)7-14-19(16,17)9-4-5-10(13)12(6-9)18-3/h4-6,8,11,14-15H,7,13H2,1-3H3. The second-order valence-corrected chi connectivity index (χ2v) is 6.33. The second-order valence-electron chi connectivity index (χ2n) is 4.57. The Balaban J connectivity index is 2.89. The van der Waals surface area contributed by atoms with Crippen LogP contribution in [-0.4, -0.2) is 33.3 Å². The third-order valence-corrected chi connectivity index (χ3v) is 4.19. The Morgan fingerprint density at radius 1 is 1.42 bits per heavy atom. The summed E-state index contributed by atoms with van der Waals surface area (Å²) in [6.45, 7) is 3.59. The Labute approximate surface area is 113 Å². The molecule has 0 fully saturated rings. The van der Waals surface area contributed by atoms with Crippen molar-refractivity contribution in [2.45, 2.75) is 24.8 Å². The summed E-state index contributed by atoms with van der Waals surface area (Å²) in [5, 5.41) is 9.61. The van der Waals surface area contributed by atoms with Crippen molar-refractivity contribution in [3.63, 3.8) is 0 Å². The van der Waals surface area contributed by atoms with Gasteiger partial charge < -0.3 is 15.6 Å². The van der Waals surface area contributed by atoms with Crippen LogP contribution in [0.4, 0.5) is 5.69 Å². The number of aliphatic hydroxyl groups excluding tert-OH is 1. The van der Waals surface area contributed by atoms with Crippen molar-refractivity contribution in [1.29, 1.82) is 0 Å². The van der Waals surface area contributed by atoms with Gasteiger partial charge >= 0.3 is 0 Å². The minimum absolute atomic E-state index is 0.0244. The monoisotopic (exact) mass is 288 g/mol. The second kappa shape index (κ2) is 6.23. The third-order valence-electron chi connectivity index (χ3n) is 2.77. The zero-order valence-corrected chi connectivity index (χ0v) is 12.1. The molecule has 0 saturated carbocycles. The van der Waals surface area contributed by atoms with Crippen LogP contribution >= 0.6 is 0 Å². The highest BCUT2D eigenvalue weighted by molar-refractivity contribution is 7.89. The van der Waals surface area contributed by atoms with Crippen LogP contribution in [0.25, 0.3) is 0 Å². The number of nitrogens with one attached hydrogen (secondary N) is 1. The van der Waals surface area contributed by atoms with Crippen LogP contribution in [0.2, 0.25) is 0 Å². The average Bonchev–Trinajstić information content (AvgIpc) is 2.36. The van der Waals surface area contributed by atoms with E-state index in [2.05, 4.69) is 4.72 Å². The molecule has 1 atom stereocenters. The molecule has 1 unspecified atom stereocenters. The van der Waals surface area contributed by atoms with Gasteiger partial charge in [0.2, 0.25) is 10.0 Å². The maximum atomic E-state index is 12.0. The van der Waals surface area contributed by atoms with Gasteiger partial charge in [-0.1, -0.05) is 13.8 Å². The van der Waals surface area contributed by atoms with E-state index in [0.717, 1.165) is 0 Å². The number of hydrogen-bond acceptors (Lipinski definition) is 5. The van der Waals surface area contributed by atoms with Gasteiger partial charge in [-0.05, 0) is 18.1 Å². The summed E-state index contributed by atoms with van der Waals surface area (Å²) in [5.74, 6) is 0.274. The van der Waals surface area contributed by atoms with Crippen molar-refractivity contribution in [1.82, 2.24) is 4.72 Å². The zero-order valence-electron chi connectivity index (χ0n) is 11.3. The van der Waals surface area contributed by atoms with Crippen LogP contribution in [0.1, 0.15) is 13.8 Å². The predicted octanol–water partition coefficient (Wildman–Crippen LogP) is 0.573. The van der Waals surface area contributed by atoms with E-state index < -0.39 is 16.1 Å². The van der Waals surface area contributed by atoms with Gasteiger partial charge in [0.25, 0.3) is 0 Å². The number of ether oxygens (including phenoxy) is 1. The summed E-state index contributed by atoms with van der Waals surface area (Å²) < 4.78 is 31.4. The number of anilines is 1. The van der Waals surface area contributed by atoms with E-state index in [0.29, 0.717) is 11.4 Å². The number of hydrogen-bond donors (Lipinski definition) is 3. The molecule has 0 aromatic heterocycles. The first-order chi connectivity index (χ1) is 8.77. The molecule has 0 radical (unpaired) electrons. The number of aliphatic hydroxyl groups is 1. The highest BCUT2D eigenvalue weighted by Gasteiger charge is 2.18. The lowest BCUT2D eigenvalue weighted by Crippen LogP contribution is -2.34. The fourth-order valence-corrected chi connectivity index (χ4v) is 2.44. The molecule has 19 heavy (non-hydrogen) atoms. The van der Waals surface area contributed by atoms with Gasteiger partial charge in [0.05, 0.1) is 23.8 Å². The van der Waals surface area contributed by atoms with Crippen LogP contribution in [0.3, 0.4) is 0 Å². The molecular formula is C12H20N2O4S. The Kier molecular flexibility index (Phi) is 5.16. The van der Waals surface area contributed by atoms with Gasteiger partial charge in [0.15, 0.2) is 0 Å². The average molecular weight is 288 g/mol. The third kappa shape index (κ3) is 4.09. The van der Waals surface area contributed by atoms with Crippen molar-refractivity contribution < 1.29 is 18.3 Å². The van der Waals surface area contributed by atoms with E-state index in [-0.39, 0.29) is 17.4 Å². The molecule has 7 heteroatoms. The highest BCUT2D eigenvalue weighted by Crippen LogP contribution is 2.24. The van der Waals surface area contributed by atoms with Crippen molar-refractivity contribution in [2.24, 2.45) is 5.92 Å². The fraction of sp³-hybridized carbons (Fsp3) is 0.500. The van der Waals surface area contributed by atoms with Crippen LogP contribution in [0.5, 0.6) is 5.75 Å². The molecule has 1 aromatic carbocycles. The molecule has 0 aliphatic carbocycles. The molecule has 6 nitrogen and oxygen atoms in total. The molecule has 0 saturated heterocycles. The lowest BCUT2D eigenvalue weighted by Gasteiger charge is -2.15. The quantitative estimate of drug-likeness (QED) is 0.664. The molecule has 0 bridgehead atoms. The largest absolute Gasteiger partial charge is 0.495 e. The molecule has 0 aliphatic rings. The lowest BCUT2D eigenvalue weighted by atomic mass is 10.1. The molecule has 4 N–H and O–H groups in total. The van der Waals surface area contributed by atoms with Gasteiger partial charge in [0.1, 0.15) is 5.75 Å². The summed E-state index contributed by atoms with van der Waals surface area (Å²) in [4.78, 5) is 0.0505. The number of benzene rings is 1. The smallest absolute Gasteiger partial charge is 0.240 e. The Hall–Kier alpha value is -1.31. The van der Waals surface area contributed by atoms with Crippen molar-refractivity contribution >= 4 is 15.7 Å². The SMILES string of the molecule is COc1cc(S(=O)(=O)NCC(O)C(C)C)ccc1N. The Morgan fingerprint density at radius 3 is 2.58 bits per heavy atom. The number of sulfonamides is 1. The normalized spacial score (nSPS) is 13.5. The lowest BCUT2D eigenvalue weighted by molar-refractivity contribution is 0.129. The number of nitrogen functional groups attached to an aromatic ring is 1. The van der Waals surface area contributed by atoms with Crippen LogP contribution in [0, 0.1) is 5.92 Å². The van der Waals surface area contributed by atoms with E-state index in [1.54, 1.807) is 0 Å². The zero-order chi connectivity index (χ0) is 14.6. The molecule has 1 rings (SSSR count). The van der Waals surface area contributed by atoms with Crippen molar-refractivity contribution in [3.05, 3.63) is 18.2 Å². The van der Waals surface area contributed by atoms with E-state index >= 15 is 0 Å². The first-order valence-electron chi connectivity index (χ1n) is 5.89. The molecular weight excluding hydrogens is 268 g/mol. The van der Waals surface area contributed by atoms with E-state index in [4.69, 9.17) is 10.5 Å². The molecule has 0 spiro atoms. The van der Waals surface area contributed by atoms with Gasteiger partial charge in [-0.25, -0.2) is 13.1 Å². The van der Waals surface area contributed by atoms with E-state index in [1.165, 1.54) is 25.3 Å². The van der Waals surface area contributed by atoms with Gasteiger partial charge in [-0.3, -0.25) is 0 Å². The molecule has 108 valence electrons.